The fourth-order valence-corrected chi connectivity index (χ4v) is 4.14. The lowest BCUT2D eigenvalue weighted by Crippen LogP contribution is -2.43. The largest absolute Gasteiger partial charge is 0.416 e. The lowest BCUT2D eigenvalue weighted by atomic mass is 9.92. The number of aromatic nitrogens is 3. The predicted molar refractivity (Wildman–Crippen MR) is 123 cm³/mol. The van der Waals surface area contributed by atoms with Crippen molar-refractivity contribution in [2.24, 2.45) is 0 Å². The van der Waals surface area contributed by atoms with Gasteiger partial charge in [0.05, 0.1) is 12.1 Å². The van der Waals surface area contributed by atoms with Crippen LogP contribution < -0.4 is 0 Å². The first-order chi connectivity index (χ1) is 17.0. The van der Waals surface area contributed by atoms with Crippen LogP contribution in [-0.2, 0) is 24.9 Å². The topological polar surface area (TPSA) is 54.2 Å². The smallest absolute Gasteiger partial charge is 0.382 e. The van der Waals surface area contributed by atoms with E-state index in [9.17, 15) is 27.1 Å². The Morgan fingerprint density at radius 1 is 0.917 bits per heavy atom. The molecule has 0 bridgehead atoms. The van der Waals surface area contributed by atoms with E-state index in [1.165, 1.54) is 35.5 Å². The third-order valence-corrected chi connectivity index (χ3v) is 5.81. The summed E-state index contributed by atoms with van der Waals surface area (Å²) in [5, 5.41) is 15.5. The summed E-state index contributed by atoms with van der Waals surface area (Å²) in [4.78, 5) is 5.64. The van der Waals surface area contributed by atoms with Crippen LogP contribution in [0, 0.1) is 11.6 Å². The summed E-state index contributed by atoms with van der Waals surface area (Å²) in [5.41, 5.74) is -0.233. The van der Waals surface area contributed by atoms with E-state index in [1.54, 1.807) is 24.1 Å². The highest BCUT2D eigenvalue weighted by molar-refractivity contribution is 5.64. The van der Waals surface area contributed by atoms with Crippen molar-refractivity contribution in [1.29, 1.82) is 0 Å². The highest BCUT2D eigenvalue weighted by atomic mass is 19.4. The van der Waals surface area contributed by atoms with E-state index < -0.39 is 29.0 Å². The van der Waals surface area contributed by atoms with Gasteiger partial charge in [-0.1, -0.05) is 42.5 Å². The Bertz CT molecular complexity index is 1290. The Morgan fingerprint density at radius 2 is 1.56 bits per heavy atom. The second-order valence-electron chi connectivity index (χ2n) is 8.69. The summed E-state index contributed by atoms with van der Waals surface area (Å²) in [6.07, 6.45) is -1.70. The predicted octanol–water partition coefficient (Wildman–Crippen LogP) is 5.26. The molecule has 36 heavy (non-hydrogen) atoms. The third kappa shape index (κ3) is 5.95. The Balaban J connectivity index is 1.49. The standard InChI is InChI=1S/C26H23F5N4O/c1-34(13-18-2-4-19(5-3-18)20-6-8-21(9-7-20)26(29,30)31)14-25(36,15-35-17-32-16-33-35)23-11-10-22(27)12-24(23)28/h2-12,16-17,36H,13-15H2,1H3. The van der Waals surface area contributed by atoms with Gasteiger partial charge in [0.25, 0.3) is 0 Å². The van der Waals surface area contributed by atoms with Gasteiger partial charge in [-0.15, -0.1) is 0 Å². The number of aliphatic hydroxyl groups is 1. The van der Waals surface area contributed by atoms with Crippen LogP contribution >= 0.6 is 0 Å². The van der Waals surface area contributed by atoms with Crippen molar-refractivity contribution in [2.75, 3.05) is 13.6 Å². The first kappa shape index (κ1) is 25.5. The van der Waals surface area contributed by atoms with Crippen LogP contribution in [0.2, 0.25) is 0 Å². The monoisotopic (exact) mass is 502 g/mol. The zero-order valence-corrected chi connectivity index (χ0v) is 19.3. The molecule has 0 fully saturated rings. The first-order valence-corrected chi connectivity index (χ1v) is 11.0. The Hall–Kier alpha value is -3.63. The molecular weight excluding hydrogens is 479 g/mol. The molecule has 1 N–H and O–H groups in total. The number of hydrogen-bond acceptors (Lipinski definition) is 4. The molecule has 0 radical (unpaired) electrons. The van der Waals surface area contributed by atoms with Gasteiger partial charge in [-0.25, -0.2) is 18.4 Å². The molecule has 0 saturated heterocycles. The highest BCUT2D eigenvalue weighted by Crippen LogP contribution is 2.31. The fourth-order valence-electron chi connectivity index (χ4n) is 4.14. The lowest BCUT2D eigenvalue weighted by molar-refractivity contribution is -0.137. The van der Waals surface area contributed by atoms with Gasteiger partial charge in [-0.05, 0) is 41.9 Å². The normalized spacial score (nSPS) is 13.7. The molecular formula is C26H23F5N4O. The van der Waals surface area contributed by atoms with Gasteiger partial charge in [-0.3, -0.25) is 4.90 Å². The van der Waals surface area contributed by atoms with Gasteiger partial charge in [0, 0.05) is 24.7 Å². The van der Waals surface area contributed by atoms with E-state index in [2.05, 4.69) is 10.1 Å². The van der Waals surface area contributed by atoms with E-state index in [0.29, 0.717) is 12.1 Å². The summed E-state index contributed by atoms with van der Waals surface area (Å²) in [7, 11) is 1.75. The molecule has 0 amide bonds. The Kier molecular flexibility index (Phi) is 7.18. The molecule has 0 aliphatic carbocycles. The summed E-state index contributed by atoms with van der Waals surface area (Å²) in [6, 6.07) is 15.2. The molecule has 4 rings (SSSR count). The molecule has 1 heterocycles. The molecule has 188 valence electrons. The SMILES string of the molecule is CN(Cc1ccc(-c2ccc(C(F)(F)F)cc2)cc1)CC(O)(Cn1cncn1)c1ccc(F)cc1F. The van der Waals surface area contributed by atoms with Crippen molar-refractivity contribution < 1.29 is 27.1 Å². The molecule has 1 atom stereocenters. The molecule has 3 aromatic carbocycles. The van der Waals surface area contributed by atoms with Crippen LogP contribution in [0.3, 0.4) is 0 Å². The molecule has 0 spiro atoms. The van der Waals surface area contributed by atoms with E-state index in [0.717, 1.165) is 35.4 Å². The van der Waals surface area contributed by atoms with Crippen LogP contribution in [0.25, 0.3) is 11.1 Å². The van der Waals surface area contributed by atoms with E-state index in [-0.39, 0.29) is 18.7 Å². The van der Waals surface area contributed by atoms with Crippen molar-refractivity contribution in [3.63, 3.8) is 0 Å². The maximum atomic E-state index is 14.6. The number of benzene rings is 3. The van der Waals surface area contributed by atoms with Crippen LogP contribution in [0.15, 0.2) is 79.4 Å². The van der Waals surface area contributed by atoms with Crippen LogP contribution in [0.5, 0.6) is 0 Å². The number of nitrogens with zero attached hydrogens (tertiary/aromatic N) is 4. The highest BCUT2D eigenvalue weighted by Gasteiger charge is 2.35. The quantitative estimate of drug-likeness (QED) is 0.334. The number of halogens is 5. The van der Waals surface area contributed by atoms with E-state index >= 15 is 0 Å². The lowest BCUT2D eigenvalue weighted by Gasteiger charge is -2.33. The summed E-state index contributed by atoms with van der Waals surface area (Å²) in [6.45, 7) is 0.276. The molecule has 4 aromatic rings. The van der Waals surface area contributed by atoms with Crippen LogP contribution in [0.1, 0.15) is 16.7 Å². The zero-order valence-electron chi connectivity index (χ0n) is 19.3. The molecule has 0 aliphatic heterocycles. The number of hydrogen-bond donors (Lipinski definition) is 1. The molecule has 1 unspecified atom stereocenters. The number of rotatable bonds is 8. The van der Waals surface area contributed by atoms with Gasteiger partial charge >= 0.3 is 6.18 Å². The fraction of sp³-hybridized carbons (Fsp3) is 0.231. The van der Waals surface area contributed by atoms with Crippen LogP contribution in [0.4, 0.5) is 22.0 Å². The minimum absolute atomic E-state index is 0.00390. The van der Waals surface area contributed by atoms with Crippen molar-refractivity contribution in [1.82, 2.24) is 19.7 Å². The molecule has 1 aromatic heterocycles. The Morgan fingerprint density at radius 3 is 2.11 bits per heavy atom. The van der Waals surface area contributed by atoms with Gasteiger partial charge in [0.15, 0.2) is 0 Å². The molecule has 5 nitrogen and oxygen atoms in total. The molecule has 10 heteroatoms. The minimum Gasteiger partial charge on any atom is -0.382 e. The number of alkyl halides is 3. The average Bonchev–Trinajstić information content (AvgIpc) is 3.31. The van der Waals surface area contributed by atoms with Crippen molar-refractivity contribution in [3.8, 4) is 11.1 Å². The van der Waals surface area contributed by atoms with Crippen molar-refractivity contribution in [3.05, 3.63) is 108 Å². The van der Waals surface area contributed by atoms with Gasteiger partial charge in [-0.2, -0.15) is 18.3 Å². The van der Waals surface area contributed by atoms with Gasteiger partial charge in [0.1, 0.15) is 29.9 Å². The Labute approximate surface area is 204 Å². The van der Waals surface area contributed by atoms with Crippen molar-refractivity contribution in [2.45, 2.75) is 24.9 Å². The number of likely N-dealkylation sites (N-methyl/N-ethyl adjacent to an activating group) is 1. The summed E-state index contributed by atoms with van der Waals surface area (Å²) >= 11 is 0. The second-order valence-corrected chi connectivity index (χ2v) is 8.69. The van der Waals surface area contributed by atoms with Gasteiger partial charge < -0.3 is 5.11 Å². The maximum absolute atomic E-state index is 14.6. The van der Waals surface area contributed by atoms with Crippen LogP contribution in [-0.4, -0.2) is 38.4 Å². The minimum atomic E-state index is -4.39. The molecule has 0 aliphatic rings. The average molecular weight is 502 g/mol. The third-order valence-electron chi connectivity index (χ3n) is 5.81. The van der Waals surface area contributed by atoms with Gasteiger partial charge in [0.2, 0.25) is 0 Å². The van der Waals surface area contributed by atoms with E-state index in [4.69, 9.17) is 0 Å². The second kappa shape index (κ2) is 10.2. The van der Waals surface area contributed by atoms with E-state index in [1.807, 2.05) is 12.1 Å². The summed E-state index contributed by atoms with van der Waals surface area (Å²) in [5.74, 6) is -1.62. The zero-order chi connectivity index (χ0) is 25.9. The first-order valence-electron chi connectivity index (χ1n) is 11.0. The summed E-state index contributed by atoms with van der Waals surface area (Å²) < 4.78 is 67.9. The maximum Gasteiger partial charge on any atom is 0.416 e. The molecule has 0 saturated carbocycles. The van der Waals surface area contributed by atoms with Crippen molar-refractivity contribution >= 4 is 0 Å².